The van der Waals surface area contributed by atoms with E-state index < -0.39 is 0 Å². The van der Waals surface area contributed by atoms with E-state index in [0.717, 1.165) is 16.5 Å². The predicted octanol–water partition coefficient (Wildman–Crippen LogP) is 3.07. The molecule has 4 atom stereocenters. The number of rotatable bonds is 1. The molecule has 1 aliphatic heterocycles. The molecule has 1 saturated carbocycles. The molecule has 102 valence electrons. The van der Waals surface area contributed by atoms with Crippen molar-refractivity contribution in [3.8, 4) is 0 Å². The van der Waals surface area contributed by atoms with Gasteiger partial charge in [0.25, 0.3) is 0 Å². The van der Waals surface area contributed by atoms with Crippen molar-refractivity contribution >= 4 is 33.4 Å². The quantitative estimate of drug-likeness (QED) is 0.585. The number of carbonyl (C=O) groups is 2. The number of aryl methyl sites for hydroxylation is 1. The van der Waals surface area contributed by atoms with Crippen molar-refractivity contribution in [1.29, 1.82) is 0 Å². The largest absolute Gasteiger partial charge is 0.274 e. The van der Waals surface area contributed by atoms with Gasteiger partial charge in [-0.05, 0) is 48.9 Å². The van der Waals surface area contributed by atoms with Gasteiger partial charge in [0.05, 0.1) is 17.5 Å². The third-order valence-electron chi connectivity index (χ3n) is 4.87. The maximum absolute atomic E-state index is 12.6. The first-order chi connectivity index (χ1) is 9.58. The highest BCUT2D eigenvalue weighted by molar-refractivity contribution is 9.10. The average Bonchev–Trinajstić information content (AvgIpc) is 3.08. The molecule has 1 saturated heterocycles. The molecule has 3 nitrogen and oxygen atoms in total. The van der Waals surface area contributed by atoms with E-state index in [9.17, 15) is 9.59 Å². The second-order valence-corrected chi connectivity index (χ2v) is 6.80. The van der Waals surface area contributed by atoms with Crippen LogP contribution in [-0.4, -0.2) is 11.8 Å². The zero-order chi connectivity index (χ0) is 14.0. The van der Waals surface area contributed by atoms with Crippen LogP contribution in [0.25, 0.3) is 0 Å². The van der Waals surface area contributed by atoms with Gasteiger partial charge in [-0.25, -0.2) is 0 Å². The number of fused-ring (bicyclic) bond motifs is 5. The van der Waals surface area contributed by atoms with Crippen LogP contribution in [0, 0.1) is 30.6 Å². The molecule has 1 aromatic carbocycles. The lowest BCUT2D eigenvalue weighted by Gasteiger charge is -2.18. The number of imide groups is 1. The Balaban J connectivity index is 1.76. The molecule has 2 bridgehead atoms. The van der Waals surface area contributed by atoms with Crippen molar-refractivity contribution in [1.82, 2.24) is 0 Å². The number of amides is 2. The van der Waals surface area contributed by atoms with Crippen molar-refractivity contribution in [2.45, 2.75) is 13.3 Å². The van der Waals surface area contributed by atoms with Gasteiger partial charge < -0.3 is 0 Å². The van der Waals surface area contributed by atoms with Gasteiger partial charge in [-0.2, -0.15) is 0 Å². The van der Waals surface area contributed by atoms with Crippen LogP contribution in [0.4, 0.5) is 5.69 Å². The van der Waals surface area contributed by atoms with Crippen LogP contribution in [0.3, 0.4) is 0 Å². The second-order valence-electron chi connectivity index (χ2n) is 5.95. The molecule has 4 rings (SSSR count). The lowest BCUT2D eigenvalue weighted by Crippen LogP contribution is -2.32. The molecule has 4 heteroatoms. The summed E-state index contributed by atoms with van der Waals surface area (Å²) in [4.78, 5) is 26.7. The Kier molecular flexibility index (Phi) is 2.49. The van der Waals surface area contributed by atoms with Gasteiger partial charge in [-0.1, -0.05) is 28.1 Å². The van der Waals surface area contributed by atoms with E-state index in [-0.39, 0.29) is 35.5 Å². The summed E-state index contributed by atoms with van der Waals surface area (Å²) in [5.74, 6) is 0.256. The van der Waals surface area contributed by atoms with Crippen LogP contribution in [0.2, 0.25) is 0 Å². The summed E-state index contributed by atoms with van der Waals surface area (Å²) in [6.45, 7) is 1.96. The Hall–Kier alpha value is -1.42. The third kappa shape index (κ3) is 1.46. The van der Waals surface area contributed by atoms with E-state index >= 15 is 0 Å². The van der Waals surface area contributed by atoms with Gasteiger partial charge in [0.1, 0.15) is 0 Å². The lowest BCUT2D eigenvalue weighted by atomic mass is 9.85. The highest BCUT2D eigenvalue weighted by atomic mass is 79.9. The van der Waals surface area contributed by atoms with E-state index in [0.29, 0.717) is 5.69 Å². The van der Waals surface area contributed by atoms with E-state index in [1.807, 2.05) is 25.1 Å². The van der Waals surface area contributed by atoms with Crippen LogP contribution in [0.1, 0.15) is 12.0 Å². The standard InChI is InChI=1S/C16H14BrNO2/c1-8-6-11(4-5-12(8)17)18-15(19)13-9-2-3-10(7-9)14(13)16(18)20/h2-6,9-10,13-14H,7H2,1H3/t9?,10?,13-,14+. The van der Waals surface area contributed by atoms with Gasteiger partial charge in [-0.3, -0.25) is 14.5 Å². The molecule has 0 aromatic heterocycles. The summed E-state index contributed by atoms with van der Waals surface area (Å²) in [6, 6.07) is 5.63. The van der Waals surface area contributed by atoms with Gasteiger partial charge in [0, 0.05) is 4.47 Å². The molecule has 2 unspecified atom stereocenters. The van der Waals surface area contributed by atoms with Crippen LogP contribution >= 0.6 is 15.9 Å². The Morgan fingerprint density at radius 2 is 1.70 bits per heavy atom. The Morgan fingerprint density at radius 3 is 2.25 bits per heavy atom. The van der Waals surface area contributed by atoms with E-state index in [1.165, 1.54) is 4.90 Å². The molecular formula is C16H14BrNO2. The Bertz CT molecular complexity index is 636. The topological polar surface area (TPSA) is 37.4 Å². The molecule has 2 amide bonds. The maximum Gasteiger partial charge on any atom is 0.238 e. The van der Waals surface area contributed by atoms with E-state index in [1.54, 1.807) is 0 Å². The van der Waals surface area contributed by atoms with Crippen molar-refractivity contribution < 1.29 is 9.59 Å². The molecular weight excluding hydrogens is 318 g/mol. The second kappa shape index (κ2) is 4.04. The SMILES string of the molecule is Cc1cc(N2C(=O)[C@@H]3C4C=CC(C4)[C@@H]3C2=O)ccc1Br. The van der Waals surface area contributed by atoms with E-state index in [4.69, 9.17) is 0 Å². The van der Waals surface area contributed by atoms with Crippen LogP contribution in [0.5, 0.6) is 0 Å². The first-order valence-corrected chi connectivity index (χ1v) is 7.69. The number of anilines is 1. The molecule has 3 aliphatic rings. The molecule has 2 aliphatic carbocycles. The molecule has 0 N–H and O–H groups in total. The monoisotopic (exact) mass is 331 g/mol. The van der Waals surface area contributed by atoms with Crippen molar-refractivity contribution in [2.75, 3.05) is 4.90 Å². The fourth-order valence-electron chi connectivity index (χ4n) is 3.92. The molecule has 2 fully saturated rings. The Morgan fingerprint density at radius 1 is 1.10 bits per heavy atom. The summed E-state index contributed by atoms with van der Waals surface area (Å²) < 4.78 is 0.988. The molecule has 1 heterocycles. The minimum Gasteiger partial charge on any atom is -0.274 e. The normalized spacial score (nSPS) is 34.2. The zero-order valence-corrected chi connectivity index (χ0v) is 12.6. The minimum atomic E-state index is -0.124. The number of nitrogens with zero attached hydrogens (tertiary/aromatic N) is 1. The lowest BCUT2D eigenvalue weighted by molar-refractivity contribution is -0.123. The highest BCUT2D eigenvalue weighted by Crippen LogP contribution is 2.53. The van der Waals surface area contributed by atoms with Crippen LogP contribution in [-0.2, 0) is 9.59 Å². The number of benzene rings is 1. The summed E-state index contributed by atoms with van der Waals surface area (Å²) in [5, 5.41) is 0. The first kappa shape index (κ1) is 12.3. The zero-order valence-electron chi connectivity index (χ0n) is 11.0. The average molecular weight is 332 g/mol. The summed E-state index contributed by atoms with van der Waals surface area (Å²) >= 11 is 3.45. The van der Waals surface area contributed by atoms with Crippen LogP contribution < -0.4 is 4.90 Å². The number of hydrogen-bond acceptors (Lipinski definition) is 2. The minimum absolute atomic E-state index is 0.0152. The number of allylic oxidation sites excluding steroid dienone is 2. The van der Waals surface area contributed by atoms with Gasteiger partial charge in [0.15, 0.2) is 0 Å². The number of hydrogen-bond donors (Lipinski definition) is 0. The highest BCUT2D eigenvalue weighted by Gasteiger charge is 2.59. The summed E-state index contributed by atoms with van der Waals surface area (Å²) in [5.41, 5.74) is 1.73. The molecule has 0 radical (unpaired) electrons. The number of carbonyl (C=O) groups excluding carboxylic acids is 2. The predicted molar refractivity (Wildman–Crippen MR) is 79.1 cm³/mol. The van der Waals surface area contributed by atoms with Gasteiger partial charge in [0.2, 0.25) is 11.8 Å². The first-order valence-electron chi connectivity index (χ1n) is 6.90. The number of halogens is 1. The fraction of sp³-hybridized carbons (Fsp3) is 0.375. The van der Waals surface area contributed by atoms with Crippen LogP contribution in [0.15, 0.2) is 34.8 Å². The van der Waals surface area contributed by atoms with Gasteiger partial charge >= 0.3 is 0 Å². The Labute approximate surface area is 125 Å². The third-order valence-corrected chi connectivity index (χ3v) is 5.76. The summed E-state index contributed by atoms with van der Waals surface area (Å²) in [6.07, 6.45) is 5.21. The fourth-order valence-corrected chi connectivity index (χ4v) is 4.17. The van der Waals surface area contributed by atoms with E-state index in [2.05, 4.69) is 28.1 Å². The molecule has 20 heavy (non-hydrogen) atoms. The van der Waals surface area contributed by atoms with Crippen molar-refractivity contribution in [3.63, 3.8) is 0 Å². The van der Waals surface area contributed by atoms with Crippen molar-refractivity contribution in [2.24, 2.45) is 23.7 Å². The van der Waals surface area contributed by atoms with Crippen molar-refractivity contribution in [3.05, 3.63) is 40.4 Å². The smallest absolute Gasteiger partial charge is 0.238 e. The maximum atomic E-state index is 12.6. The summed E-state index contributed by atoms with van der Waals surface area (Å²) in [7, 11) is 0. The van der Waals surface area contributed by atoms with Gasteiger partial charge in [-0.15, -0.1) is 0 Å². The molecule has 1 aromatic rings. The molecule has 0 spiro atoms.